The topological polar surface area (TPSA) is 93.6 Å². The van der Waals surface area contributed by atoms with Crippen molar-refractivity contribution in [3.05, 3.63) is 52.8 Å². The van der Waals surface area contributed by atoms with Crippen molar-refractivity contribution in [2.45, 2.75) is 12.5 Å². The first kappa shape index (κ1) is 13.0. The molecule has 0 spiro atoms. The molecule has 0 aliphatic rings. The number of imidazole rings is 1. The number of hydrogen-bond acceptors (Lipinski definition) is 5. The Balaban J connectivity index is 1.81. The molecule has 1 unspecified atom stereocenters. The number of halogens is 1. The van der Waals surface area contributed by atoms with Crippen molar-refractivity contribution in [1.29, 1.82) is 0 Å². The first-order valence-corrected chi connectivity index (χ1v) is 6.84. The van der Waals surface area contributed by atoms with Crippen LogP contribution in [0, 0.1) is 0 Å². The second-order valence-electron chi connectivity index (χ2n) is 4.32. The van der Waals surface area contributed by atoms with Crippen molar-refractivity contribution in [2.24, 2.45) is 5.73 Å². The lowest BCUT2D eigenvalue weighted by Gasteiger charge is -2.03. The molecule has 0 aliphatic heterocycles. The van der Waals surface area contributed by atoms with Gasteiger partial charge in [-0.1, -0.05) is 33.2 Å². The molecule has 3 aromatic rings. The van der Waals surface area contributed by atoms with Crippen LogP contribution in [0.4, 0.5) is 0 Å². The number of hydrogen-bond donors (Lipinski definition) is 2. The largest absolute Gasteiger partial charge is 0.348 e. The second-order valence-corrected chi connectivity index (χ2v) is 5.18. The Morgan fingerprint density at radius 1 is 1.35 bits per heavy atom. The fraction of sp³-hybridized carbons (Fsp3) is 0.154. The predicted molar refractivity (Wildman–Crippen MR) is 76.7 cm³/mol. The Morgan fingerprint density at radius 2 is 2.20 bits per heavy atom. The van der Waals surface area contributed by atoms with E-state index in [9.17, 15) is 0 Å². The average molecular weight is 334 g/mol. The van der Waals surface area contributed by atoms with Crippen molar-refractivity contribution in [1.82, 2.24) is 20.1 Å². The van der Waals surface area contributed by atoms with Crippen LogP contribution in [0.25, 0.3) is 11.4 Å². The van der Waals surface area contributed by atoms with Crippen molar-refractivity contribution in [2.75, 3.05) is 0 Å². The molecule has 0 radical (unpaired) electrons. The zero-order valence-corrected chi connectivity index (χ0v) is 12.0. The normalized spacial score (nSPS) is 12.5. The summed E-state index contributed by atoms with van der Waals surface area (Å²) in [5, 5.41) is 3.98. The third-order valence-corrected chi connectivity index (χ3v) is 3.56. The van der Waals surface area contributed by atoms with Crippen LogP contribution in [0.3, 0.4) is 0 Å². The summed E-state index contributed by atoms with van der Waals surface area (Å²) in [5.41, 5.74) is 7.86. The average Bonchev–Trinajstić information content (AvgIpc) is 3.10. The quantitative estimate of drug-likeness (QED) is 0.764. The minimum absolute atomic E-state index is 0.362. The summed E-state index contributed by atoms with van der Waals surface area (Å²) in [6, 6.07) is 7.33. The maximum atomic E-state index is 6.06. The van der Waals surface area contributed by atoms with E-state index >= 15 is 0 Å². The van der Waals surface area contributed by atoms with Crippen molar-refractivity contribution < 1.29 is 4.52 Å². The van der Waals surface area contributed by atoms with Crippen LogP contribution in [-0.4, -0.2) is 20.1 Å². The van der Waals surface area contributed by atoms with Crippen molar-refractivity contribution in [3.63, 3.8) is 0 Å². The summed E-state index contributed by atoms with van der Waals surface area (Å²) >= 11 is 3.46. The molecule has 6 nitrogen and oxygen atoms in total. The van der Waals surface area contributed by atoms with Gasteiger partial charge in [0.25, 0.3) is 0 Å². The van der Waals surface area contributed by atoms with E-state index in [0.29, 0.717) is 18.1 Å². The van der Waals surface area contributed by atoms with Crippen LogP contribution in [-0.2, 0) is 6.42 Å². The molecule has 0 fully saturated rings. The predicted octanol–water partition coefficient (Wildman–Crippen LogP) is 2.46. The first-order valence-electron chi connectivity index (χ1n) is 6.05. The van der Waals surface area contributed by atoms with E-state index < -0.39 is 0 Å². The van der Waals surface area contributed by atoms with Gasteiger partial charge in [-0.3, -0.25) is 0 Å². The van der Waals surface area contributed by atoms with Gasteiger partial charge in [0, 0.05) is 28.3 Å². The van der Waals surface area contributed by atoms with Gasteiger partial charge in [0.05, 0.1) is 12.4 Å². The van der Waals surface area contributed by atoms with E-state index in [4.69, 9.17) is 10.3 Å². The Bertz CT molecular complexity index is 694. The Morgan fingerprint density at radius 3 is 2.95 bits per heavy atom. The van der Waals surface area contributed by atoms with Gasteiger partial charge in [0.1, 0.15) is 0 Å². The molecule has 0 saturated carbocycles. The van der Waals surface area contributed by atoms with Gasteiger partial charge in [0.2, 0.25) is 11.7 Å². The summed E-state index contributed by atoms with van der Waals surface area (Å²) in [6.45, 7) is 0. The highest BCUT2D eigenvalue weighted by Gasteiger charge is 2.17. The highest BCUT2D eigenvalue weighted by molar-refractivity contribution is 9.10. The number of nitrogens with two attached hydrogens (primary N) is 1. The zero-order chi connectivity index (χ0) is 13.9. The molecule has 0 saturated heterocycles. The minimum Gasteiger partial charge on any atom is -0.348 e. The number of rotatable bonds is 4. The maximum absolute atomic E-state index is 6.06. The number of nitrogens with zero attached hydrogens (tertiary/aromatic N) is 3. The van der Waals surface area contributed by atoms with E-state index in [0.717, 1.165) is 15.7 Å². The third-order valence-electron chi connectivity index (χ3n) is 2.87. The Hall–Kier alpha value is -1.99. The molecule has 3 N–H and O–H groups in total. The standard InChI is InChI=1S/C13H12BrN5O/c14-10-4-2-1-3-9(10)12-18-13(20-19-12)11(15)5-8-6-16-7-17-8/h1-4,6-7,11H,5,15H2,(H,16,17). The highest BCUT2D eigenvalue weighted by atomic mass is 79.9. The molecule has 0 aliphatic carbocycles. The van der Waals surface area contributed by atoms with Crippen LogP contribution in [0.1, 0.15) is 17.6 Å². The van der Waals surface area contributed by atoms with Gasteiger partial charge in [-0.15, -0.1) is 0 Å². The Labute approximate surface area is 123 Å². The molecule has 1 aromatic carbocycles. The van der Waals surface area contributed by atoms with Gasteiger partial charge >= 0.3 is 0 Å². The van der Waals surface area contributed by atoms with Gasteiger partial charge < -0.3 is 15.2 Å². The number of nitrogens with one attached hydrogen (secondary N) is 1. The van der Waals surface area contributed by atoms with Gasteiger partial charge in [-0.25, -0.2) is 4.98 Å². The third kappa shape index (κ3) is 2.63. The van der Waals surface area contributed by atoms with E-state index in [1.54, 1.807) is 12.5 Å². The molecule has 3 rings (SSSR count). The lowest BCUT2D eigenvalue weighted by Crippen LogP contribution is -2.14. The van der Waals surface area contributed by atoms with Crippen LogP contribution in [0.5, 0.6) is 0 Å². The number of benzene rings is 1. The second kappa shape index (κ2) is 5.56. The SMILES string of the molecule is NC(Cc1cnc[nH]1)c1nc(-c2ccccc2Br)no1. The van der Waals surface area contributed by atoms with E-state index in [1.807, 2.05) is 24.3 Å². The van der Waals surface area contributed by atoms with Gasteiger partial charge in [0.15, 0.2) is 0 Å². The smallest absolute Gasteiger partial charge is 0.244 e. The van der Waals surface area contributed by atoms with E-state index in [-0.39, 0.29) is 6.04 Å². The number of aromatic amines is 1. The number of H-pyrrole nitrogens is 1. The van der Waals surface area contributed by atoms with E-state index in [2.05, 4.69) is 36.0 Å². The molecule has 0 bridgehead atoms. The summed E-state index contributed by atoms with van der Waals surface area (Å²) in [5.74, 6) is 0.929. The Kier molecular flexibility index (Phi) is 3.62. The van der Waals surface area contributed by atoms with Crippen LogP contribution in [0.2, 0.25) is 0 Å². The molecule has 1 atom stereocenters. The van der Waals surface area contributed by atoms with Crippen molar-refractivity contribution in [3.8, 4) is 11.4 Å². The summed E-state index contributed by atoms with van der Waals surface area (Å²) in [7, 11) is 0. The lowest BCUT2D eigenvalue weighted by molar-refractivity contribution is 0.354. The molecular weight excluding hydrogens is 322 g/mol. The first-order chi connectivity index (χ1) is 9.74. The molecule has 0 amide bonds. The molecule has 20 heavy (non-hydrogen) atoms. The monoisotopic (exact) mass is 333 g/mol. The molecule has 2 aromatic heterocycles. The zero-order valence-electron chi connectivity index (χ0n) is 10.5. The minimum atomic E-state index is -0.362. The fourth-order valence-corrected chi connectivity index (χ4v) is 2.32. The van der Waals surface area contributed by atoms with Gasteiger partial charge in [-0.05, 0) is 12.1 Å². The molecular formula is C13H12BrN5O. The molecule has 2 heterocycles. The summed E-state index contributed by atoms with van der Waals surface area (Å²) in [6.07, 6.45) is 3.91. The van der Waals surface area contributed by atoms with Crippen LogP contribution < -0.4 is 5.73 Å². The lowest BCUT2D eigenvalue weighted by atomic mass is 10.2. The van der Waals surface area contributed by atoms with Gasteiger partial charge in [-0.2, -0.15) is 4.98 Å². The van der Waals surface area contributed by atoms with Crippen LogP contribution >= 0.6 is 15.9 Å². The maximum Gasteiger partial charge on any atom is 0.244 e. The summed E-state index contributed by atoms with van der Waals surface area (Å²) in [4.78, 5) is 11.3. The molecule has 7 heteroatoms. The number of aromatic nitrogens is 4. The van der Waals surface area contributed by atoms with Crippen molar-refractivity contribution >= 4 is 15.9 Å². The van der Waals surface area contributed by atoms with E-state index in [1.165, 1.54) is 0 Å². The fourth-order valence-electron chi connectivity index (χ4n) is 1.86. The highest BCUT2D eigenvalue weighted by Crippen LogP contribution is 2.26. The molecule has 102 valence electrons. The summed E-state index contributed by atoms with van der Waals surface area (Å²) < 4.78 is 6.15. The van der Waals surface area contributed by atoms with Crippen LogP contribution in [0.15, 0.2) is 45.8 Å².